The molecule has 0 fully saturated rings. The number of esters is 1. The highest BCUT2D eigenvalue weighted by atomic mass is 32.2. The molecule has 0 spiro atoms. The summed E-state index contributed by atoms with van der Waals surface area (Å²) in [6.07, 6.45) is 0. The van der Waals surface area contributed by atoms with Gasteiger partial charge in [-0.3, -0.25) is 4.79 Å². The topological polar surface area (TPSA) is 98.5 Å². The molecule has 4 rings (SSSR count). The van der Waals surface area contributed by atoms with Gasteiger partial charge in [0.2, 0.25) is 5.91 Å². The molecule has 30 heavy (non-hydrogen) atoms. The summed E-state index contributed by atoms with van der Waals surface area (Å²) in [6, 6.07) is 14.3. The fourth-order valence-electron chi connectivity index (χ4n) is 2.71. The van der Waals surface area contributed by atoms with E-state index in [9.17, 15) is 9.59 Å². The van der Waals surface area contributed by atoms with Gasteiger partial charge in [0.15, 0.2) is 11.5 Å². The van der Waals surface area contributed by atoms with Crippen LogP contribution >= 0.6 is 23.1 Å². The van der Waals surface area contributed by atoms with Gasteiger partial charge in [0.25, 0.3) is 0 Å². The largest absolute Gasteiger partial charge is 0.462 e. The standard InChI is InChI=1S/C20H17N5O3S2/c1-2-28-20(27)13-6-3-4-7-14(13)21-17(26)12-30-18-10-9-16-22-23-19(25(16)24-18)15-8-5-11-29-15/h3-11H,2,12H2,1H3,(H,21,26). The summed E-state index contributed by atoms with van der Waals surface area (Å²) in [5.74, 6) is 0.0737. The lowest BCUT2D eigenvalue weighted by Gasteiger charge is -2.10. The number of ether oxygens (including phenoxy) is 1. The number of thioether (sulfide) groups is 1. The third-order valence-electron chi connectivity index (χ3n) is 4.03. The summed E-state index contributed by atoms with van der Waals surface area (Å²) >= 11 is 2.84. The Morgan fingerprint density at radius 1 is 1.13 bits per heavy atom. The van der Waals surface area contributed by atoms with Crippen LogP contribution in [0.2, 0.25) is 0 Å². The van der Waals surface area contributed by atoms with Crippen molar-refractivity contribution in [3.05, 3.63) is 59.5 Å². The molecule has 0 bridgehead atoms. The Bertz CT molecular complexity index is 1190. The van der Waals surface area contributed by atoms with Gasteiger partial charge in [-0.1, -0.05) is 30.0 Å². The second-order valence-corrected chi connectivity index (χ2v) is 7.99. The summed E-state index contributed by atoms with van der Waals surface area (Å²) in [4.78, 5) is 25.5. The number of nitrogens with one attached hydrogen (secondary N) is 1. The number of thiophene rings is 1. The lowest BCUT2D eigenvalue weighted by molar-refractivity contribution is -0.113. The number of benzene rings is 1. The Kier molecular flexibility index (Phi) is 6.05. The zero-order valence-corrected chi connectivity index (χ0v) is 17.6. The fraction of sp³-hybridized carbons (Fsp3) is 0.150. The number of amides is 1. The van der Waals surface area contributed by atoms with Crippen molar-refractivity contribution in [2.45, 2.75) is 11.9 Å². The van der Waals surface area contributed by atoms with Crippen molar-refractivity contribution in [1.82, 2.24) is 19.8 Å². The van der Waals surface area contributed by atoms with Crippen LogP contribution < -0.4 is 5.32 Å². The summed E-state index contributed by atoms with van der Waals surface area (Å²) in [6.45, 7) is 2.00. The molecular formula is C20H17N5O3S2. The van der Waals surface area contributed by atoms with E-state index < -0.39 is 5.97 Å². The average molecular weight is 440 g/mol. The van der Waals surface area contributed by atoms with E-state index in [1.165, 1.54) is 11.8 Å². The fourth-order valence-corrected chi connectivity index (χ4v) is 4.06. The number of para-hydroxylation sites is 1. The molecule has 10 heteroatoms. The Labute approximate surface area is 180 Å². The van der Waals surface area contributed by atoms with Gasteiger partial charge >= 0.3 is 5.97 Å². The molecule has 0 radical (unpaired) electrons. The monoisotopic (exact) mass is 439 g/mol. The molecule has 0 saturated carbocycles. The third-order valence-corrected chi connectivity index (χ3v) is 5.81. The lowest BCUT2D eigenvalue weighted by Crippen LogP contribution is -2.17. The van der Waals surface area contributed by atoms with Gasteiger partial charge in [-0.05, 0) is 42.6 Å². The molecular weight excluding hydrogens is 422 g/mol. The van der Waals surface area contributed by atoms with Crippen molar-refractivity contribution >= 4 is 46.3 Å². The second-order valence-electron chi connectivity index (χ2n) is 6.05. The van der Waals surface area contributed by atoms with Crippen molar-refractivity contribution < 1.29 is 14.3 Å². The number of rotatable bonds is 7. The molecule has 0 unspecified atom stereocenters. The maximum absolute atomic E-state index is 12.4. The molecule has 0 aliphatic heterocycles. The smallest absolute Gasteiger partial charge is 0.340 e. The van der Waals surface area contributed by atoms with E-state index in [-0.39, 0.29) is 18.3 Å². The van der Waals surface area contributed by atoms with Crippen molar-refractivity contribution in [3.8, 4) is 10.7 Å². The van der Waals surface area contributed by atoms with Crippen LogP contribution in [-0.4, -0.2) is 44.0 Å². The number of hydrogen-bond donors (Lipinski definition) is 1. The van der Waals surface area contributed by atoms with E-state index >= 15 is 0 Å². The van der Waals surface area contributed by atoms with Crippen LogP contribution in [0.15, 0.2) is 58.9 Å². The van der Waals surface area contributed by atoms with Crippen molar-refractivity contribution in [1.29, 1.82) is 0 Å². The second kappa shape index (κ2) is 9.06. The predicted molar refractivity (Wildman–Crippen MR) is 116 cm³/mol. The molecule has 3 aromatic heterocycles. The number of anilines is 1. The molecule has 1 aromatic carbocycles. The third kappa shape index (κ3) is 4.34. The molecule has 0 atom stereocenters. The van der Waals surface area contributed by atoms with E-state index in [1.54, 1.807) is 53.1 Å². The van der Waals surface area contributed by atoms with Crippen LogP contribution in [0.1, 0.15) is 17.3 Å². The predicted octanol–water partition coefficient (Wildman–Crippen LogP) is 3.76. The molecule has 1 amide bonds. The van der Waals surface area contributed by atoms with Crippen LogP contribution in [0.5, 0.6) is 0 Å². The van der Waals surface area contributed by atoms with Gasteiger partial charge < -0.3 is 10.1 Å². The van der Waals surface area contributed by atoms with Gasteiger partial charge in [0.1, 0.15) is 5.03 Å². The van der Waals surface area contributed by atoms with Crippen molar-refractivity contribution in [3.63, 3.8) is 0 Å². The first-order valence-corrected chi connectivity index (χ1v) is 11.0. The molecule has 1 N–H and O–H groups in total. The first-order valence-electron chi connectivity index (χ1n) is 9.11. The Morgan fingerprint density at radius 2 is 2.00 bits per heavy atom. The van der Waals surface area contributed by atoms with Crippen LogP contribution in [0, 0.1) is 0 Å². The summed E-state index contributed by atoms with van der Waals surface area (Å²) < 4.78 is 6.70. The summed E-state index contributed by atoms with van der Waals surface area (Å²) in [5.41, 5.74) is 1.38. The summed E-state index contributed by atoms with van der Waals surface area (Å²) in [7, 11) is 0. The van der Waals surface area contributed by atoms with Crippen molar-refractivity contribution in [2.24, 2.45) is 0 Å². The van der Waals surface area contributed by atoms with E-state index in [0.717, 1.165) is 4.88 Å². The molecule has 4 aromatic rings. The number of hydrogen-bond acceptors (Lipinski definition) is 8. The molecule has 0 aliphatic rings. The van der Waals surface area contributed by atoms with Crippen LogP contribution in [0.4, 0.5) is 5.69 Å². The maximum atomic E-state index is 12.4. The Hall–Kier alpha value is -3.24. The van der Waals surface area contributed by atoms with Crippen LogP contribution in [0.25, 0.3) is 16.3 Å². The molecule has 0 saturated heterocycles. The maximum Gasteiger partial charge on any atom is 0.340 e. The highest BCUT2D eigenvalue weighted by Crippen LogP contribution is 2.24. The van der Waals surface area contributed by atoms with E-state index in [4.69, 9.17) is 4.74 Å². The molecule has 152 valence electrons. The van der Waals surface area contributed by atoms with Gasteiger partial charge in [0, 0.05) is 0 Å². The first kappa shape index (κ1) is 20.0. The zero-order valence-electron chi connectivity index (χ0n) is 15.9. The minimum Gasteiger partial charge on any atom is -0.462 e. The lowest BCUT2D eigenvalue weighted by atomic mass is 10.2. The number of aromatic nitrogens is 4. The highest BCUT2D eigenvalue weighted by molar-refractivity contribution is 7.99. The van der Waals surface area contributed by atoms with Gasteiger partial charge in [0.05, 0.1) is 28.5 Å². The number of fused-ring (bicyclic) bond motifs is 1. The van der Waals surface area contributed by atoms with E-state index in [2.05, 4.69) is 20.6 Å². The van der Waals surface area contributed by atoms with Crippen LogP contribution in [-0.2, 0) is 9.53 Å². The minimum absolute atomic E-state index is 0.131. The SMILES string of the molecule is CCOC(=O)c1ccccc1NC(=O)CSc1ccc2nnc(-c3cccs3)n2n1. The zero-order chi connectivity index (χ0) is 20.9. The number of carbonyl (C=O) groups is 2. The van der Waals surface area contributed by atoms with Crippen molar-refractivity contribution in [2.75, 3.05) is 17.7 Å². The quantitative estimate of drug-likeness (QED) is 0.346. The van der Waals surface area contributed by atoms with Crippen LogP contribution in [0.3, 0.4) is 0 Å². The number of nitrogens with zero attached hydrogens (tertiary/aromatic N) is 4. The van der Waals surface area contributed by atoms with Gasteiger partial charge in [-0.15, -0.1) is 21.5 Å². The van der Waals surface area contributed by atoms with E-state index in [1.807, 2.05) is 23.6 Å². The average Bonchev–Trinajstić information content (AvgIpc) is 3.42. The number of carbonyl (C=O) groups excluding carboxylic acids is 2. The Morgan fingerprint density at radius 3 is 2.80 bits per heavy atom. The minimum atomic E-state index is -0.470. The highest BCUT2D eigenvalue weighted by Gasteiger charge is 2.15. The summed E-state index contributed by atoms with van der Waals surface area (Å²) in [5, 5.41) is 18.3. The van der Waals surface area contributed by atoms with E-state index in [0.29, 0.717) is 27.7 Å². The van der Waals surface area contributed by atoms with Gasteiger partial charge in [-0.25, -0.2) is 4.79 Å². The van der Waals surface area contributed by atoms with Gasteiger partial charge in [-0.2, -0.15) is 9.61 Å². The molecule has 0 aliphatic carbocycles. The normalized spacial score (nSPS) is 10.8. The Balaban J connectivity index is 1.45. The molecule has 3 heterocycles. The first-order chi connectivity index (χ1) is 14.7. The molecule has 8 nitrogen and oxygen atoms in total.